The summed E-state index contributed by atoms with van der Waals surface area (Å²) in [5, 5.41) is 18.5. The summed E-state index contributed by atoms with van der Waals surface area (Å²) in [7, 11) is 0. The van der Waals surface area contributed by atoms with Crippen LogP contribution in [0.15, 0.2) is 42.5 Å². The number of hydrogen-bond donors (Lipinski definition) is 2. The summed E-state index contributed by atoms with van der Waals surface area (Å²) in [5.41, 5.74) is 3.39. The van der Waals surface area contributed by atoms with Gasteiger partial charge in [0.05, 0.1) is 13.2 Å². The van der Waals surface area contributed by atoms with E-state index in [9.17, 15) is 10.2 Å². The van der Waals surface area contributed by atoms with Gasteiger partial charge in [-0.2, -0.15) is 0 Å². The van der Waals surface area contributed by atoms with E-state index in [4.69, 9.17) is 0 Å². The van der Waals surface area contributed by atoms with Gasteiger partial charge in [-0.05, 0) is 28.3 Å². The average molecular weight is 213 g/mol. The van der Waals surface area contributed by atoms with Crippen LogP contribution in [0.5, 0.6) is 0 Å². The molecule has 0 heterocycles. The number of hydrogen-bond acceptors (Lipinski definition) is 2. The fourth-order valence-corrected chi connectivity index (χ4v) is 1.79. The summed E-state index contributed by atoms with van der Waals surface area (Å²) in [6.45, 7) is -0.186. The molecule has 2 aromatic rings. The second-order valence-corrected chi connectivity index (χ2v) is 3.53. The van der Waals surface area contributed by atoms with Gasteiger partial charge in [0.15, 0.2) is 0 Å². The third-order valence-corrected chi connectivity index (χ3v) is 2.60. The first-order valence-electron chi connectivity index (χ1n) is 5.16. The molecule has 0 spiro atoms. The lowest BCUT2D eigenvalue weighted by Crippen LogP contribution is -1.97. The Hall–Kier alpha value is -1.64. The molecule has 0 bridgehead atoms. The Kier molecular flexibility index (Phi) is 3.34. The molecular weight excluding hydrogens is 200 g/mol. The molecule has 0 aromatic heterocycles. The second kappa shape index (κ2) is 4.92. The first kappa shape index (κ1) is 10.9. The molecule has 2 heteroatoms. The third kappa shape index (κ3) is 1.98. The minimum Gasteiger partial charge on any atom is -0.392 e. The first-order chi connectivity index (χ1) is 7.86. The number of aliphatic hydroxyl groups is 2. The van der Waals surface area contributed by atoms with Gasteiger partial charge in [0.25, 0.3) is 0 Å². The zero-order chi connectivity index (χ0) is 11.4. The lowest BCUT2D eigenvalue weighted by Gasteiger charge is -2.11. The molecule has 0 saturated heterocycles. The van der Waals surface area contributed by atoms with Crippen molar-refractivity contribution in [1.82, 2.24) is 0 Å². The Morgan fingerprint density at radius 1 is 0.938 bits per heavy atom. The van der Waals surface area contributed by atoms with Crippen molar-refractivity contribution in [2.45, 2.75) is 13.2 Å². The normalized spacial score (nSPS) is 10.4. The highest BCUT2D eigenvalue weighted by atomic mass is 16.3. The van der Waals surface area contributed by atoms with Gasteiger partial charge in [-0.3, -0.25) is 0 Å². The molecule has 0 atom stereocenters. The maximum atomic E-state index is 9.36. The average Bonchev–Trinajstić information content (AvgIpc) is 2.38. The quantitative estimate of drug-likeness (QED) is 0.820. The van der Waals surface area contributed by atoms with E-state index in [1.807, 2.05) is 36.4 Å². The molecule has 2 rings (SSSR count). The van der Waals surface area contributed by atoms with Crippen molar-refractivity contribution in [2.75, 3.05) is 0 Å². The summed E-state index contributed by atoms with van der Waals surface area (Å²) in [6, 6.07) is 16.4. The van der Waals surface area contributed by atoms with Crippen molar-refractivity contribution in [3.63, 3.8) is 0 Å². The van der Waals surface area contributed by atoms with E-state index >= 15 is 0 Å². The Labute approximate surface area is 94.8 Å². The van der Waals surface area contributed by atoms with Crippen LogP contribution in [-0.4, -0.2) is 10.2 Å². The van der Waals surface area contributed by atoms with E-state index in [0.717, 1.165) is 16.7 Å². The molecule has 2 aromatic carbocycles. The van der Waals surface area contributed by atoms with Crippen molar-refractivity contribution in [3.8, 4) is 11.1 Å². The van der Waals surface area contributed by atoms with Crippen LogP contribution in [0.4, 0.5) is 0 Å². The molecule has 0 aliphatic heterocycles. The predicted molar refractivity (Wildman–Crippen MR) is 62.6 cm³/mol. The van der Waals surface area contributed by atoms with E-state index in [0.29, 0.717) is 5.56 Å². The van der Waals surface area contributed by atoms with Crippen molar-refractivity contribution in [1.29, 1.82) is 0 Å². The SMILES string of the molecule is OCc1[c]ccc(-c2ccccc2)c1CO. The highest BCUT2D eigenvalue weighted by Gasteiger charge is 2.08. The molecule has 0 aliphatic carbocycles. The summed E-state index contributed by atoms with van der Waals surface area (Å²) in [6.07, 6.45) is 0. The minimum absolute atomic E-state index is 0.0859. The maximum absolute atomic E-state index is 9.36. The highest BCUT2D eigenvalue weighted by Crippen LogP contribution is 2.26. The molecule has 0 fully saturated rings. The van der Waals surface area contributed by atoms with Crippen molar-refractivity contribution >= 4 is 0 Å². The van der Waals surface area contributed by atoms with E-state index in [2.05, 4.69) is 6.07 Å². The highest BCUT2D eigenvalue weighted by molar-refractivity contribution is 5.68. The van der Waals surface area contributed by atoms with Crippen LogP contribution >= 0.6 is 0 Å². The summed E-state index contributed by atoms with van der Waals surface area (Å²) >= 11 is 0. The van der Waals surface area contributed by atoms with Crippen molar-refractivity contribution in [3.05, 3.63) is 59.7 Å². The van der Waals surface area contributed by atoms with Crippen molar-refractivity contribution in [2.24, 2.45) is 0 Å². The number of benzene rings is 2. The van der Waals surface area contributed by atoms with Crippen LogP contribution < -0.4 is 0 Å². The van der Waals surface area contributed by atoms with Crippen molar-refractivity contribution < 1.29 is 10.2 Å². The number of aliphatic hydroxyl groups excluding tert-OH is 2. The Bertz CT molecular complexity index is 463. The largest absolute Gasteiger partial charge is 0.392 e. The number of rotatable bonds is 3. The fraction of sp³-hybridized carbons (Fsp3) is 0.143. The van der Waals surface area contributed by atoms with Crippen LogP contribution in [0.2, 0.25) is 0 Å². The van der Waals surface area contributed by atoms with Gasteiger partial charge in [0, 0.05) is 0 Å². The van der Waals surface area contributed by atoms with Gasteiger partial charge >= 0.3 is 0 Å². The molecule has 2 nitrogen and oxygen atoms in total. The molecule has 0 unspecified atom stereocenters. The summed E-state index contributed by atoms with van der Waals surface area (Å²) in [5.74, 6) is 0. The smallest absolute Gasteiger partial charge is 0.0691 e. The summed E-state index contributed by atoms with van der Waals surface area (Å²) in [4.78, 5) is 0. The monoisotopic (exact) mass is 213 g/mol. The lowest BCUT2D eigenvalue weighted by atomic mass is 9.96. The molecule has 1 radical (unpaired) electrons. The predicted octanol–water partition coefficient (Wildman–Crippen LogP) is 2.14. The molecule has 0 aliphatic rings. The summed E-state index contributed by atoms with van der Waals surface area (Å²) < 4.78 is 0. The van der Waals surface area contributed by atoms with E-state index in [1.165, 1.54) is 0 Å². The first-order valence-corrected chi connectivity index (χ1v) is 5.16. The molecule has 0 amide bonds. The molecule has 16 heavy (non-hydrogen) atoms. The van der Waals surface area contributed by atoms with Gasteiger partial charge in [-0.25, -0.2) is 0 Å². The van der Waals surface area contributed by atoms with Crippen LogP contribution in [0.3, 0.4) is 0 Å². The van der Waals surface area contributed by atoms with E-state index in [-0.39, 0.29) is 13.2 Å². The van der Waals surface area contributed by atoms with E-state index < -0.39 is 0 Å². The Morgan fingerprint density at radius 2 is 1.69 bits per heavy atom. The second-order valence-electron chi connectivity index (χ2n) is 3.53. The zero-order valence-corrected chi connectivity index (χ0v) is 8.85. The molecule has 0 saturated carbocycles. The molecule has 2 N–H and O–H groups in total. The van der Waals surface area contributed by atoms with Gasteiger partial charge in [0.2, 0.25) is 0 Å². The van der Waals surface area contributed by atoms with Gasteiger partial charge in [0.1, 0.15) is 0 Å². The van der Waals surface area contributed by atoms with Gasteiger partial charge in [-0.15, -0.1) is 0 Å². The topological polar surface area (TPSA) is 40.5 Å². The van der Waals surface area contributed by atoms with Crippen LogP contribution in [0.25, 0.3) is 11.1 Å². The fourth-order valence-electron chi connectivity index (χ4n) is 1.79. The molecule has 81 valence electrons. The molecular formula is C14H13O2. The maximum Gasteiger partial charge on any atom is 0.0691 e. The zero-order valence-electron chi connectivity index (χ0n) is 8.85. The van der Waals surface area contributed by atoms with Gasteiger partial charge in [-0.1, -0.05) is 42.5 Å². The van der Waals surface area contributed by atoms with Crippen LogP contribution in [0, 0.1) is 6.07 Å². The van der Waals surface area contributed by atoms with Crippen LogP contribution in [0.1, 0.15) is 11.1 Å². The third-order valence-electron chi connectivity index (χ3n) is 2.60. The Morgan fingerprint density at radius 3 is 2.31 bits per heavy atom. The lowest BCUT2D eigenvalue weighted by molar-refractivity contribution is 0.260. The van der Waals surface area contributed by atoms with E-state index in [1.54, 1.807) is 6.07 Å². The Balaban J connectivity index is 2.57. The standard InChI is InChI=1S/C14H13O2/c15-9-12-7-4-8-13(14(12)10-16)11-5-2-1-3-6-11/h1-6,8,15-16H,9-10H2. The van der Waals surface area contributed by atoms with Gasteiger partial charge < -0.3 is 10.2 Å². The minimum atomic E-state index is -0.101. The van der Waals surface area contributed by atoms with Crippen LogP contribution in [-0.2, 0) is 13.2 Å².